The normalized spacial score (nSPS) is 14.9. The van der Waals surface area contributed by atoms with Gasteiger partial charge in [0.15, 0.2) is 6.29 Å². The molecule has 0 aromatic heterocycles. The topological polar surface area (TPSA) is 112 Å². The maximum atomic E-state index is 12.6. The van der Waals surface area contributed by atoms with E-state index in [-0.39, 0.29) is 32.2 Å². The van der Waals surface area contributed by atoms with Crippen molar-refractivity contribution in [2.75, 3.05) is 51.7 Å². The first-order valence-corrected chi connectivity index (χ1v) is 11.6. The van der Waals surface area contributed by atoms with Crippen molar-refractivity contribution in [3.63, 3.8) is 0 Å². The third-order valence-electron chi connectivity index (χ3n) is 2.47. The van der Waals surface area contributed by atoms with E-state index in [4.69, 9.17) is 25.6 Å². The number of hydrogen-bond acceptors (Lipinski definition) is 7. The van der Waals surface area contributed by atoms with Gasteiger partial charge in [0.1, 0.15) is 0 Å². The van der Waals surface area contributed by atoms with Crippen LogP contribution in [0.5, 0.6) is 0 Å². The van der Waals surface area contributed by atoms with Crippen molar-refractivity contribution in [3.05, 3.63) is 0 Å². The number of rotatable bonds is 16. The molecule has 0 aromatic rings. The lowest BCUT2D eigenvalue weighted by atomic mass is 10.4. The number of halogens is 1. The van der Waals surface area contributed by atoms with E-state index < -0.39 is 24.1 Å². The summed E-state index contributed by atoms with van der Waals surface area (Å²) in [5, 5.41) is 5.32. The highest BCUT2D eigenvalue weighted by Gasteiger charge is 2.22. The summed E-state index contributed by atoms with van der Waals surface area (Å²) in [5.74, 6) is 0.245. The van der Waals surface area contributed by atoms with Crippen molar-refractivity contribution in [2.45, 2.75) is 26.6 Å². The third-order valence-corrected chi connectivity index (χ3v) is 5.08. The van der Waals surface area contributed by atoms with Crippen molar-refractivity contribution in [1.82, 2.24) is 10.2 Å². The molecule has 146 valence electrons. The molecule has 0 amide bonds. The second-order valence-corrected chi connectivity index (χ2v) is 8.56. The highest BCUT2D eigenvalue weighted by molar-refractivity contribution is 7.85. The minimum absolute atomic E-state index is 0.0278. The minimum atomic E-state index is -3.54. The fourth-order valence-electron chi connectivity index (χ4n) is 1.59. The molecule has 0 heterocycles. The van der Waals surface area contributed by atoms with Crippen molar-refractivity contribution in [1.29, 1.82) is 0 Å². The summed E-state index contributed by atoms with van der Waals surface area (Å²) in [6, 6.07) is 0. The van der Waals surface area contributed by atoms with E-state index in [1.54, 1.807) is 0 Å². The maximum Gasteiger partial charge on any atom is 0.340 e. The Labute approximate surface area is 149 Å². The second kappa shape index (κ2) is 13.4. The van der Waals surface area contributed by atoms with Gasteiger partial charge in [0, 0.05) is 38.6 Å². The average Bonchev–Trinajstić information content (AvgIpc) is 2.49. The Morgan fingerprint density at radius 3 is 2.17 bits per heavy atom. The fourth-order valence-corrected chi connectivity index (χ4v) is 3.65. The van der Waals surface area contributed by atoms with Crippen LogP contribution in [0.4, 0.5) is 0 Å². The Balaban J connectivity index is 4.37. The van der Waals surface area contributed by atoms with E-state index >= 15 is 0 Å². The van der Waals surface area contributed by atoms with Gasteiger partial charge >= 0.3 is 7.67 Å². The summed E-state index contributed by atoms with van der Waals surface area (Å²) in [5.41, 5.74) is 0. The average molecular weight is 411 g/mol. The Morgan fingerprint density at radius 2 is 1.67 bits per heavy atom. The molecule has 9 nitrogen and oxygen atoms in total. The third kappa shape index (κ3) is 13.5. The Bertz CT molecular complexity index is 460. The predicted molar refractivity (Wildman–Crippen MR) is 92.7 cm³/mol. The highest BCUT2D eigenvalue weighted by Crippen LogP contribution is 2.37. The summed E-state index contributed by atoms with van der Waals surface area (Å²) >= 11 is 5.58. The molecule has 0 aliphatic heterocycles. The van der Waals surface area contributed by atoms with Gasteiger partial charge in [-0.15, -0.1) is 11.6 Å². The molecule has 0 rings (SSSR count). The Morgan fingerprint density at radius 1 is 1.08 bits per heavy atom. The Hall–Kier alpha value is 0.230. The SMILES string of the molecule is CCOC(CCOP(=O)(NCCCl)NCCOS(C)(=O)=O)OCC. The van der Waals surface area contributed by atoms with Gasteiger partial charge in [0.25, 0.3) is 10.1 Å². The summed E-state index contributed by atoms with van der Waals surface area (Å²) in [6.45, 7) is 4.94. The van der Waals surface area contributed by atoms with Gasteiger partial charge in [-0.05, 0) is 13.8 Å². The van der Waals surface area contributed by atoms with Crippen LogP contribution in [0.1, 0.15) is 20.3 Å². The zero-order valence-corrected chi connectivity index (χ0v) is 16.8. The van der Waals surface area contributed by atoms with Gasteiger partial charge in [-0.1, -0.05) is 0 Å². The summed E-state index contributed by atoms with van der Waals surface area (Å²) < 4.78 is 55.1. The fraction of sp³-hybridized carbons (Fsp3) is 1.00. The van der Waals surface area contributed by atoms with Crippen molar-refractivity contribution < 1.29 is 31.2 Å². The lowest BCUT2D eigenvalue weighted by Crippen LogP contribution is -2.29. The zero-order chi connectivity index (χ0) is 18.5. The maximum absolute atomic E-state index is 12.6. The molecule has 0 fully saturated rings. The second-order valence-electron chi connectivity index (χ2n) is 4.54. The van der Waals surface area contributed by atoms with Crippen LogP contribution in [-0.4, -0.2) is 66.4 Å². The van der Waals surface area contributed by atoms with Crippen LogP contribution in [0.15, 0.2) is 0 Å². The van der Waals surface area contributed by atoms with Crippen LogP contribution < -0.4 is 10.2 Å². The largest absolute Gasteiger partial charge is 0.353 e. The summed E-state index contributed by atoms with van der Waals surface area (Å²) in [6.07, 6.45) is 0.904. The van der Waals surface area contributed by atoms with Crippen molar-refractivity contribution in [3.8, 4) is 0 Å². The molecule has 0 radical (unpaired) electrons. The molecule has 0 bridgehead atoms. The van der Waals surface area contributed by atoms with E-state index in [1.807, 2.05) is 13.8 Å². The van der Waals surface area contributed by atoms with Crippen LogP contribution in [0.3, 0.4) is 0 Å². The summed E-state index contributed by atoms with van der Waals surface area (Å²) in [7, 11) is -6.93. The van der Waals surface area contributed by atoms with Gasteiger partial charge in [0.05, 0.1) is 19.5 Å². The van der Waals surface area contributed by atoms with Crippen LogP contribution in [0.25, 0.3) is 0 Å². The summed E-state index contributed by atoms with van der Waals surface area (Å²) in [4.78, 5) is 0. The monoisotopic (exact) mass is 410 g/mol. The van der Waals surface area contributed by atoms with E-state index in [9.17, 15) is 13.0 Å². The molecular formula is C12H28ClN2O7PS. The molecule has 1 unspecified atom stereocenters. The molecule has 0 saturated heterocycles. The highest BCUT2D eigenvalue weighted by atomic mass is 35.5. The van der Waals surface area contributed by atoms with E-state index in [0.717, 1.165) is 6.26 Å². The van der Waals surface area contributed by atoms with Crippen LogP contribution in [0, 0.1) is 0 Å². The molecular weight excluding hydrogens is 383 g/mol. The molecule has 0 aromatic carbocycles. The van der Waals surface area contributed by atoms with Gasteiger partial charge in [0.2, 0.25) is 0 Å². The van der Waals surface area contributed by atoms with E-state index in [2.05, 4.69) is 14.4 Å². The Kier molecular flexibility index (Phi) is 13.6. The standard InChI is InChI=1S/C12H28ClN2O7PS/c1-4-19-12(20-5-2)6-10-21-23(16,14-8-7-13)15-9-11-22-24(3,17)18/h12H,4-11H2,1-3H3,(H2,14,15,16). The molecule has 24 heavy (non-hydrogen) atoms. The van der Waals surface area contributed by atoms with Gasteiger partial charge in [-0.2, -0.15) is 8.42 Å². The van der Waals surface area contributed by atoms with Gasteiger partial charge in [-0.3, -0.25) is 8.75 Å². The minimum Gasteiger partial charge on any atom is -0.353 e. The number of nitrogens with one attached hydrogen (secondary N) is 2. The first-order chi connectivity index (χ1) is 11.3. The number of hydrogen-bond donors (Lipinski definition) is 2. The lowest BCUT2D eigenvalue weighted by molar-refractivity contribution is -0.142. The molecule has 1 atom stereocenters. The van der Waals surface area contributed by atoms with Gasteiger partial charge < -0.3 is 14.0 Å². The number of alkyl halides is 1. The van der Waals surface area contributed by atoms with Crippen LogP contribution in [0.2, 0.25) is 0 Å². The van der Waals surface area contributed by atoms with Crippen molar-refractivity contribution >= 4 is 29.4 Å². The molecule has 12 heteroatoms. The van der Waals surface area contributed by atoms with E-state index in [0.29, 0.717) is 19.6 Å². The van der Waals surface area contributed by atoms with E-state index in [1.165, 1.54) is 0 Å². The quantitative estimate of drug-likeness (QED) is 0.128. The molecule has 0 aliphatic carbocycles. The molecule has 0 spiro atoms. The van der Waals surface area contributed by atoms with Crippen molar-refractivity contribution in [2.24, 2.45) is 0 Å². The number of ether oxygens (including phenoxy) is 2. The first-order valence-electron chi connectivity index (χ1n) is 7.64. The smallest absolute Gasteiger partial charge is 0.340 e. The van der Waals surface area contributed by atoms with Gasteiger partial charge in [-0.25, -0.2) is 10.2 Å². The molecule has 2 N–H and O–H groups in total. The van der Waals surface area contributed by atoms with Crippen LogP contribution >= 0.6 is 19.3 Å². The first kappa shape index (κ1) is 24.2. The lowest BCUT2D eigenvalue weighted by Gasteiger charge is -2.22. The molecule has 0 aliphatic rings. The molecule has 0 saturated carbocycles. The zero-order valence-electron chi connectivity index (χ0n) is 14.3. The predicted octanol–water partition coefficient (Wildman–Crippen LogP) is 1.29. The van der Waals surface area contributed by atoms with Crippen LogP contribution in [-0.2, 0) is 32.9 Å².